The Balaban J connectivity index is 1.90. The molecule has 0 aromatic carbocycles. The van der Waals surface area contributed by atoms with Gasteiger partial charge in [-0.15, -0.1) is 5.10 Å². The first-order valence-electron chi connectivity index (χ1n) is 5.39. The topological polar surface area (TPSA) is 56.7 Å². The third-order valence-corrected chi connectivity index (χ3v) is 3.04. The van der Waals surface area contributed by atoms with Crippen molar-refractivity contribution in [2.75, 3.05) is 5.73 Å². The summed E-state index contributed by atoms with van der Waals surface area (Å²) >= 11 is 0. The first-order chi connectivity index (χ1) is 6.74. The van der Waals surface area contributed by atoms with Gasteiger partial charge in [-0.1, -0.05) is 19.8 Å². The van der Waals surface area contributed by atoms with Crippen molar-refractivity contribution >= 4 is 5.95 Å². The summed E-state index contributed by atoms with van der Waals surface area (Å²) in [5.74, 6) is 2.02. The van der Waals surface area contributed by atoms with Crippen molar-refractivity contribution in [3.8, 4) is 0 Å². The second-order valence-electron chi connectivity index (χ2n) is 4.46. The third-order valence-electron chi connectivity index (χ3n) is 3.04. The number of nitrogens with two attached hydrogens (primary N) is 1. The molecule has 0 radical (unpaired) electrons. The Hall–Kier alpha value is -1.06. The number of nitrogen functional groups attached to an aromatic ring is 1. The lowest BCUT2D eigenvalue weighted by atomic mass is 9.82. The molecule has 0 spiro atoms. The van der Waals surface area contributed by atoms with Crippen molar-refractivity contribution in [3.63, 3.8) is 0 Å². The fraction of sp³-hybridized carbons (Fsp3) is 0.800. The van der Waals surface area contributed by atoms with Crippen LogP contribution in [0.15, 0.2) is 6.33 Å². The highest BCUT2D eigenvalue weighted by atomic mass is 15.4. The van der Waals surface area contributed by atoms with Gasteiger partial charge in [0.15, 0.2) is 0 Å². The highest BCUT2D eigenvalue weighted by Gasteiger charge is 2.19. The van der Waals surface area contributed by atoms with Gasteiger partial charge in [0.25, 0.3) is 0 Å². The predicted molar refractivity (Wildman–Crippen MR) is 55.6 cm³/mol. The van der Waals surface area contributed by atoms with Crippen LogP contribution in [0.2, 0.25) is 0 Å². The Labute approximate surface area is 84.5 Å². The fourth-order valence-electron chi connectivity index (χ4n) is 2.39. The van der Waals surface area contributed by atoms with Crippen molar-refractivity contribution in [2.24, 2.45) is 11.8 Å². The number of aromatic nitrogens is 3. The molecule has 1 aliphatic rings. The summed E-state index contributed by atoms with van der Waals surface area (Å²) < 4.78 is 1.87. The van der Waals surface area contributed by atoms with Gasteiger partial charge in [-0.05, 0) is 24.7 Å². The minimum absolute atomic E-state index is 0.383. The second-order valence-corrected chi connectivity index (χ2v) is 4.46. The van der Waals surface area contributed by atoms with Crippen LogP contribution in [0.1, 0.15) is 32.6 Å². The molecule has 2 N–H and O–H groups in total. The van der Waals surface area contributed by atoms with Crippen molar-refractivity contribution < 1.29 is 0 Å². The molecule has 1 heterocycles. The standard InChI is InChI=1S/C10H18N4/c1-8-3-2-4-9(5-8)6-14-7-12-10(11)13-14/h7-9H,2-6H2,1H3,(H2,11,13). The molecule has 0 saturated heterocycles. The molecule has 2 unspecified atom stereocenters. The van der Waals surface area contributed by atoms with Crippen molar-refractivity contribution in [1.29, 1.82) is 0 Å². The Morgan fingerprint density at radius 3 is 3.07 bits per heavy atom. The zero-order valence-electron chi connectivity index (χ0n) is 8.69. The first-order valence-corrected chi connectivity index (χ1v) is 5.39. The zero-order valence-corrected chi connectivity index (χ0v) is 8.69. The normalized spacial score (nSPS) is 27.8. The molecule has 4 nitrogen and oxygen atoms in total. The lowest BCUT2D eigenvalue weighted by Gasteiger charge is -2.26. The van der Waals surface area contributed by atoms with Gasteiger partial charge in [0.05, 0.1) is 0 Å². The van der Waals surface area contributed by atoms with E-state index >= 15 is 0 Å². The summed E-state index contributed by atoms with van der Waals surface area (Å²) in [6, 6.07) is 0. The van der Waals surface area contributed by atoms with E-state index in [0.29, 0.717) is 5.95 Å². The van der Waals surface area contributed by atoms with Crippen molar-refractivity contribution in [2.45, 2.75) is 39.2 Å². The van der Waals surface area contributed by atoms with Gasteiger partial charge in [-0.25, -0.2) is 4.98 Å². The van der Waals surface area contributed by atoms with Gasteiger partial charge < -0.3 is 5.73 Å². The summed E-state index contributed by atoms with van der Waals surface area (Å²) in [5, 5.41) is 4.11. The summed E-state index contributed by atoms with van der Waals surface area (Å²) in [6.07, 6.45) is 7.12. The first kappa shape index (κ1) is 9.49. The Morgan fingerprint density at radius 2 is 2.43 bits per heavy atom. The monoisotopic (exact) mass is 194 g/mol. The molecule has 1 saturated carbocycles. The maximum absolute atomic E-state index is 5.47. The molecular formula is C10H18N4. The Kier molecular flexibility index (Phi) is 2.70. The van der Waals surface area contributed by atoms with Crippen LogP contribution in [0.3, 0.4) is 0 Å². The van der Waals surface area contributed by atoms with E-state index in [-0.39, 0.29) is 0 Å². The summed E-state index contributed by atoms with van der Waals surface area (Å²) in [4.78, 5) is 3.93. The molecule has 1 fully saturated rings. The quantitative estimate of drug-likeness (QED) is 0.779. The molecule has 0 aliphatic heterocycles. The minimum Gasteiger partial charge on any atom is -0.367 e. The molecule has 1 aliphatic carbocycles. The van der Waals surface area contributed by atoms with Crippen LogP contribution in [0.25, 0.3) is 0 Å². The van der Waals surface area contributed by atoms with Crippen molar-refractivity contribution in [1.82, 2.24) is 14.8 Å². The Morgan fingerprint density at radius 1 is 1.57 bits per heavy atom. The van der Waals surface area contributed by atoms with Crippen LogP contribution in [0.4, 0.5) is 5.95 Å². The molecule has 1 aromatic heterocycles. The fourth-order valence-corrected chi connectivity index (χ4v) is 2.39. The van der Waals surface area contributed by atoms with E-state index in [9.17, 15) is 0 Å². The summed E-state index contributed by atoms with van der Waals surface area (Å²) in [6.45, 7) is 3.32. The Bertz CT molecular complexity index is 294. The van der Waals surface area contributed by atoms with Crippen LogP contribution in [-0.2, 0) is 6.54 Å². The molecule has 0 amide bonds. The highest BCUT2D eigenvalue weighted by molar-refractivity contribution is 5.09. The molecule has 1 aromatic rings. The number of hydrogen-bond donors (Lipinski definition) is 1. The number of rotatable bonds is 2. The van der Waals surface area contributed by atoms with Gasteiger partial charge >= 0.3 is 0 Å². The van der Waals surface area contributed by atoms with E-state index in [1.54, 1.807) is 6.33 Å². The lowest BCUT2D eigenvalue weighted by Crippen LogP contribution is -2.18. The molecular weight excluding hydrogens is 176 g/mol. The van der Waals surface area contributed by atoms with E-state index in [0.717, 1.165) is 18.4 Å². The average Bonchev–Trinajstić information content (AvgIpc) is 2.51. The smallest absolute Gasteiger partial charge is 0.239 e. The van der Waals surface area contributed by atoms with Crippen LogP contribution in [0.5, 0.6) is 0 Å². The van der Waals surface area contributed by atoms with Gasteiger partial charge in [-0.2, -0.15) is 0 Å². The SMILES string of the molecule is CC1CCCC(Cn2cnc(N)n2)C1. The van der Waals surface area contributed by atoms with E-state index in [4.69, 9.17) is 5.73 Å². The maximum Gasteiger partial charge on any atom is 0.239 e. The van der Waals surface area contributed by atoms with Crippen molar-refractivity contribution in [3.05, 3.63) is 6.33 Å². The van der Waals surface area contributed by atoms with E-state index in [2.05, 4.69) is 17.0 Å². The largest absolute Gasteiger partial charge is 0.367 e. The predicted octanol–water partition coefficient (Wildman–Crippen LogP) is 1.69. The maximum atomic E-state index is 5.47. The van der Waals surface area contributed by atoms with Gasteiger partial charge in [0.2, 0.25) is 5.95 Å². The third kappa shape index (κ3) is 2.25. The van der Waals surface area contributed by atoms with Crippen LogP contribution in [-0.4, -0.2) is 14.8 Å². The minimum atomic E-state index is 0.383. The molecule has 78 valence electrons. The highest BCUT2D eigenvalue weighted by Crippen LogP contribution is 2.29. The van der Waals surface area contributed by atoms with Crippen LogP contribution < -0.4 is 5.73 Å². The number of nitrogens with zero attached hydrogens (tertiary/aromatic N) is 3. The molecule has 14 heavy (non-hydrogen) atoms. The summed E-state index contributed by atoms with van der Waals surface area (Å²) in [7, 11) is 0. The number of hydrogen-bond acceptors (Lipinski definition) is 3. The summed E-state index contributed by atoms with van der Waals surface area (Å²) in [5.41, 5.74) is 5.47. The second kappa shape index (κ2) is 3.98. The molecule has 2 rings (SSSR count). The molecule has 0 bridgehead atoms. The van der Waals surface area contributed by atoms with E-state index in [1.165, 1.54) is 25.7 Å². The lowest BCUT2D eigenvalue weighted by molar-refractivity contribution is 0.250. The van der Waals surface area contributed by atoms with Crippen LogP contribution >= 0.6 is 0 Å². The van der Waals surface area contributed by atoms with E-state index < -0.39 is 0 Å². The zero-order chi connectivity index (χ0) is 9.97. The molecule has 2 atom stereocenters. The van der Waals surface area contributed by atoms with Gasteiger partial charge in [0, 0.05) is 6.54 Å². The average molecular weight is 194 g/mol. The van der Waals surface area contributed by atoms with Crippen LogP contribution in [0, 0.1) is 11.8 Å². The van der Waals surface area contributed by atoms with Gasteiger partial charge in [0.1, 0.15) is 6.33 Å². The molecule has 4 heteroatoms. The van der Waals surface area contributed by atoms with E-state index in [1.807, 2.05) is 4.68 Å². The number of anilines is 1. The van der Waals surface area contributed by atoms with Gasteiger partial charge in [-0.3, -0.25) is 4.68 Å².